The van der Waals surface area contributed by atoms with Crippen LogP contribution in [0.25, 0.3) is 0 Å². The Balaban J connectivity index is 1.26. The van der Waals surface area contributed by atoms with Gasteiger partial charge in [0.05, 0.1) is 11.8 Å². The van der Waals surface area contributed by atoms with Gasteiger partial charge in [-0.2, -0.15) is 0 Å². The van der Waals surface area contributed by atoms with Gasteiger partial charge in [-0.3, -0.25) is 19.3 Å². The lowest BCUT2D eigenvalue weighted by Gasteiger charge is -2.37. The minimum Gasteiger partial charge on any atom is -0.326 e. The minimum absolute atomic E-state index is 0.0549. The van der Waals surface area contributed by atoms with Crippen LogP contribution in [0.15, 0.2) is 30.4 Å². The molecule has 29 heavy (non-hydrogen) atoms. The zero-order valence-corrected chi connectivity index (χ0v) is 17.1. The topological polar surface area (TPSA) is 66.5 Å². The van der Waals surface area contributed by atoms with E-state index in [0.717, 1.165) is 36.1 Å². The molecule has 6 atom stereocenters. The molecule has 152 valence electrons. The first-order valence-corrected chi connectivity index (χ1v) is 11.0. The molecule has 2 bridgehead atoms. The predicted octanol–water partition coefficient (Wildman–Crippen LogP) is 3.19. The lowest BCUT2D eigenvalue weighted by molar-refractivity contribution is -0.140. The van der Waals surface area contributed by atoms with E-state index >= 15 is 0 Å². The van der Waals surface area contributed by atoms with Gasteiger partial charge in [-0.05, 0) is 54.1 Å². The molecule has 0 unspecified atom stereocenters. The maximum absolute atomic E-state index is 13.0. The van der Waals surface area contributed by atoms with Crippen LogP contribution in [0, 0.1) is 35.5 Å². The highest BCUT2D eigenvalue weighted by Crippen LogP contribution is 2.65. The van der Waals surface area contributed by atoms with Crippen LogP contribution >= 0.6 is 0 Å². The Morgan fingerprint density at radius 1 is 1.00 bits per heavy atom. The van der Waals surface area contributed by atoms with Gasteiger partial charge in [0.1, 0.15) is 0 Å². The number of nitrogens with zero attached hydrogens (tertiary/aromatic N) is 1. The number of para-hydroxylation sites is 1. The second-order valence-electron chi connectivity index (χ2n) is 8.94. The Labute approximate surface area is 171 Å². The van der Waals surface area contributed by atoms with Crippen LogP contribution in [0.3, 0.4) is 0 Å². The summed E-state index contributed by atoms with van der Waals surface area (Å²) >= 11 is 0. The third kappa shape index (κ3) is 2.77. The fraction of sp³-hybridized carbons (Fsp3) is 0.542. The van der Waals surface area contributed by atoms with Crippen molar-refractivity contribution in [3.05, 3.63) is 41.5 Å². The minimum atomic E-state index is -0.183. The highest BCUT2D eigenvalue weighted by atomic mass is 16.2. The Morgan fingerprint density at radius 3 is 2.07 bits per heavy atom. The fourth-order valence-corrected chi connectivity index (χ4v) is 6.06. The number of imide groups is 1. The zero-order valence-electron chi connectivity index (χ0n) is 17.1. The van der Waals surface area contributed by atoms with Crippen molar-refractivity contribution in [3.63, 3.8) is 0 Å². The van der Waals surface area contributed by atoms with Crippen LogP contribution in [-0.2, 0) is 27.2 Å². The van der Waals surface area contributed by atoms with E-state index in [-0.39, 0.29) is 54.4 Å². The first-order valence-electron chi connectivity index (χ1n) is 11.0. The van der Waals surface area contributed by atoms with E-state index in [1.165, 1.54) is 4.90 Å². The molecule has 3 fully saturated rings. The number of allylic oxidation sites excluding steroid dienone is 2. The molecule has 0 radical (unpaired) electrons. The van der Waals surface area contributed by atoms with E-state index in [4.69, 9.17) is 0 Å². The molecule has 2 saturated carbocycles. The van der Waals surface area contributed by atoms with Gasteiger partial charge in [0, 0.05) is 18.7 Å². The highest BCUT2D eigenvalue weighted by molar-refractivity contribution is 6.06. The number of anilines is 1. The molecule has 1 aromatic rings. The Kier molecular flexibility index (Phi) is 4.37. The molecule has 5 aliphatic rings. The molecule has 4 aliphatic carbocycles. The van der Waals surface area contributed by atoms with Crippen LogP contribution in [0.2, 0.25) is 0 Å². The highest BCUT2D eigenvalue weighted by Gasteiger charge is 2.66. The second-order valence-corrected chi connectivity index (χ2v) is 8.94. The maximum Gasteiger partial charge on any atom is 0.233 e. The largest absolute Gasteiger partial charge is 0.326 e. The van der Waals surface area contributed by atoms with Crippen LogP contribution < -0.4 is 5.32 Å². The summed E-state index contributed by atoms with van der Waals surface area (Å²) in [5.74, 6) is 1.05. The third-order valence-corrected chi connectivity index (χ3v) is 7.58. The first kappa shape index (κ1) is 18.6. The molecular weight excluding hydrogens is 364 g/mol. The second kappa shape index (κ2) is 6.82. The quantitative estimate of drug-likeness (QED) is 0.597. The van der Waals surface area contributed by atoms with Crippen molar-refractivity contribution >= 4 is 23.4 Å². The van der Waals surface area contributed by atoms with Crippen molar-refractivity contribution in [2.75, 3.05) is 11.9 Å². The molecular formula is C24H28N2O3. The standard InChI is InChI=1S/C24H28N2O3/c1-3-13-6-5-7-14(4-2)22(13)25-19(27)10-11-26-23(28)20-15-8-9-16(18-12-17(15)18)21(20)24(26)29/h5-9,15-18,20-21H,3-4,10-12H2,1-2H3,(H,25,27)/t15-,16+,17-,18+,20+,21-. The number of carbonyl (C=O) groups is 3. The maximum atomic E-state index is 13.0. The van der Waals surface area contributed by atoms with Crippen molar-refractivity contribution in [2.45, 2.75) is 39.5 Å². The SMILES string of the molecule is CCc1cccc(CC)c1NC(=O)CCN1C(=O)[C@@H]2[C@H]3C=C[C@H]([C@H]4C[C@@H]34)[C@@H]2C1=O. The van der Waals surface area contributed by atoms with Gasteiger partial charge < -0.3 is 5.32 Å². The summed E-state index contributed by atoms with van der Waals surface area (Å²) in [6, 6.07) is 6.08. The monoisotopic (exact) mass is 392 g/mol. The number of amides is 3. The van der Waals surface area contributed by atoms with Crippen molar-refractivity contribution in [1.29, 1.82) is 0 Å². The number of nitrogens with one attached hydrogen (secondary N) is 1. The zero-order chi connectivity index (χ0) is 20.3. The molecule has 5 heteroatoms. The lowest BCUT2D eigenvalue weighted by atomic mass is 9.63. The summed E-state index contributed by atoms with van der Waals surface area (Å²) in [7, 11) is 0. The van der Waals surface area contributed by atoms with Crippen LogP contribution in [0.1, 0.15) is 37.8 Å². The van der Waals surface area contributed by atoms with Gasteiger partial charge in [0.2, 0.25) is 17.7 Å². The summed E-state index contributed by atoms with van der Waals surface area (Å²) < 4.78 is 0. The van der Waals surface area contributed by atoms with Crippen molar-refractivity contribution < 1.29 is 14.4 Å². The van der Waals surface area contributed by atoms with E-state index in [1.54, 1.807) is 0 Å². The molecule has 0 spiro atoms. The Bertz CT molecular complexity index is 862. The number of benzene rings is 1. The number of aryl methyl sites for hydroxylation is 2. The number of hydrogen-bond donors (Lipinski definition) is 1. The first-order chi connectivity index (χ1) is 14.0. The molecule has 1 heterocycles. The molecule has 1 N–H and O–H groups in total. The summed E-state index contributed by atoms with van der Waals surface area (Å²) in [6.45, 7) is 4.32. The molecule has 5 nitrogen and oxygen atoms in total. The normalized spacial score (nSPS) is 33.7. The molecule has 6 rings (SSSR count). The third-order valence-electron chi connectivity index (χ3n) is 7.58. The van der Waals surface area contributed by atoms with Crippen molar-refractivity contribution in [1.82, 2.24) is 4.90 Å². The summed E-state index contributed by atoms with van der Waals surface area (Å²) in [4.78, 5) is 40.1. The van der Waals surface area contributed by atoms with Gasteiger partial charge in [0.25, 0.3) is 0 Å². The predicted molar refractivity (Wildman–Crippen MR) is 110 cm³/mol. The Morgan fingerprint density at radius 2 is 1.55 bits per heavy atom. The number of hydrogen-bond acceptors (Lipinski definition) is 3. The van der Waals surface area contributed by atoms with Crippen molar-refractivity contribution in [3.8, 4) is 0 Å². The van der Waals surface area contributed by atoms with E-state index < -0.39 is 0 Å². The number of likely N-dealkylation sites (tertiary alicyclic amines) is 1. The smallest absolute Gasteiger partial charge is 0.233 e. The Hall–Kier alpha value is -2.43. The number of carbonyl (C=O) groups excluding carboxylic acids is 3. The average molecular weight is 392 g/mol. The van der Waals surface area contributed by atoms with E-state index in [0.29, 0.717) is 11.8 Å². The summed E-state index contributed by atoms with van der Waals surface area (Å²) in [5, 5.41) is 3.04. The van der Waals surface area contributed by atoms with E-state index in [1.807, 2.05) is 18.2 Å². The number of rotatable bonds is 6. The molecule has 0 aromatic heterocycles. The van der Waals surface area contributed by atoms with Gasteiger partial charge in [0.15, 0.2) is 0 Å². The lowest BCUT2D eigenvalue weighted by Crippen LogP contribution is -2.40. The average Bonchev–Trinajstić information content (AvgIpc) is 3.51. The van der Waals surface area contributed by atoms with Gasteiger partial charge in [-0.1, -0.05) is 44.2 Å². The van der Waals surface area contributed by atoms with E-state index in [9.17, 15) is 14.4 Å². The summed E-state index contributed by atoms with van der Waals surface area (Å²) in [5.41, 5.74) is 3.11. The van der Waals surface area contributed by atoms with Gasteiger partial charge in [-0.15, -0.1) is 0 Å². The summed E-state index contributed by atoms with van der Waals surface area (Å²) in [6.07, 6.45) is 7.34. The van der Waals surface area contributed by atoms with Crippen LogP contribution in [0.5, 0.6) is 0 Å². The fourth-order valence-electron chi connectivity index (χ4n) is 6.06. The van der Waals surface area contributed by atoms with E-state index in [2.05, 4.69) is 31.3 Å². The van der Waals surface area contributed by atoms with Crippen LogP contribution in [-0.4, -0.2) is 29.2 Å². The molecule has 1 aromatic carbocycles. The van der Waals surface area contributed by atoms with Gasteiger partial charge >= 0.3 is 0 Å². The van der Waals surface area contributed by atoms with Gasteiger partial charge in [-0.25, -0.2) is 0 Å². The van der Waals surface area contributed by atoms with Crippen molar-refractivity contribution in [2.24, 2.45) is 35.5 Å². The molecule has 1 aliphatic heterocycles. The molecule has 3 amide bonds. The molecule has 1 saturated heterocycles. The van der Waals surface area contributed by atoms with Crippen LogP contribution in [0.4, 0.5) is 5.69 Å².